The summed E-state index contributed by atoms with van der Waals surface area (Å²) in [4.78, 5) is 31.0. The van der Waals surface area contributed by atoms with Crippen molar-refractivity contribution in [2.45, 2.75) is 51.4 Å². The van der Waals surface area contributed by atoms with Gasteiger partial charge in [0.15, 0.2) is 5.79 Å². The Hall–Kier alpha value is -2.19. The van der Waals surface area contributed by atoms with E-state index in [0.29, 0.717) is 36.8 Å². The first-order valence-electron chi connectivity index (χ1n) is 9.46. The number of ketones is 1. The zero-order chi connectivity index (χ0) is 20.5. The first-order chi connectivity index (χ1) is 13.1. The Morgan fingerprint density at radius 3 is 2.61 bits per heavy atom. The lowest BCUT2D eigenvalue weighted by Crippen LogP contribution is -2.45. The van der Waals surface area contributed by atoms with Crippen LogP contribution in [0.1, 0.15) is 51.2 Å². The van der Waals surface area contributed by atoms with Crippen LogP contribution in [0, 0.1) is 0 Å². The van der Waals surface area contributed by atoms with Crippen LogP contribution in [-0.4, -0.2) is 60.8 Å². The maximum Gasteiger partial charge on any atom is 0.410 e. The van der Waals surface area contributed by atoms with E-state index >= 15 is 0 Å². The summed E-state index contributed by atoms with van der Waals surface area (Å²) >= 11 is 0. The van der Waals surface area contributed by atoms with Crippen LogP contribution >= 0.6 is 0 Å². The number of ether oxygens (including phenoxy) is 4. The predicted molar refractivity (Wildman–Crippen MR) is 100 cm³/mol. The molecule has 0 radical (unpaired) electrons. The van der Waals surface area contributed by atoms with E-state index in [1.54, 1.807) is 18.0 Å². The van der Waals surface area contributed by atoms with Gasteiger partial charge in [0.25, 0.3) is 0 Å². The minimum atomic E-state index is -0.975. The minimum absolute atomic E-state index is 0.0659. The number of methoxy groups -OCH3 is 1. The van der Waals surface area contributed by atoms with Gasteiger partial charge in [-0.25, -0.2) is 9.78 Å². The summed E-state index contributed by atoms with van der Waals surface area (Å²) in [5.41, 5.74) is 0.746. The number of carbonyl (C=O) groups is 2. The number of rotatable bonds is 3. The van der Waals surface area contributed by atoms with Crippen LogP contribution in [0.3, 0.4) is 0 Å². The third-order valence-electron chi connectivity index (χ3n) is 4.87. The normalized spacial score (nSPS) is 22.2. The Labute approximate surface area is 165 Å². The van der Waals surface area contributed by atoms with Crippen molar-refractivity contribution < 1.29 is 28.5 Å². The van der Waals surface area contributed by atoms with Crippen LogP contribution in [0.4, 0.5) is 4.79 Å². The second-order valence-corrected chi connectivity index (χ2v) is 8.16. The number of piperidine rings is 1. The van der Waals surface area contributed by atoms with E-state index in [9.17, 15) is 9.59 Å². The number of hydrogen-bond donors (Lipinski definition) is 0. The van der Waals surface area contributed by atoms with Crippen LogP contribution in [-0.2, 0) is 24.8 Å². The fourth-order valence-electron chi connectivity index (χ4n) is 3.43. The number of nitrogens with zero attached hydrogens (tertiary/aromatic N) is 2. The Morgan fingerprint density at radius 1 is 1.32 bits per heavy atom. The second-order valence-electron chi connectivity index (χ2n) is 8.16. The number of likely N-dealkylation sites (tertiary alicyclic amines) is 1. The van der Waals surface area contributed by atoms with Gasteiger partial charge in [-0.2, -0.15) is 0 Å². The third-order valence-corrected chi connectivity index (χ3v) is 4.87. The Morgan fingerprint density at radius 2 is 2.00 bits per heavy atom. The smallest absolute Gasteiger partial charge is 0.410 e. The lowest BCUT2D eigenvalue weighted by Gasteiger charge is -2.34. The van der Waals surface area contributed by atoms with Gasteiger partial charge in [0, 0.05) is 25.7 Å². The average Bonchev–Trinajstić information content (AvgIpc) is 3.08. The molecule has 1 atom stereocenters. The van der Waals surface area contributed by atoms with E-state index < -0.39 is 23.4 Å². The minimum Gasteiger partial charge on any atom is -0.481 e. The van der Waals surface area contributed by atoms with Crippen LogP contribution in [0.2, 0.25) is 0 Å². The molecule has 8 heteroatoms. The number of Topliss-reactive ketones (excluding diaryl/α,β-unsaturated/α-hetero) is 1. The molecule has 3 rings (SSSR count). The molecule has 0 N–H and O–H groups in total. The number of carbonyl (C=O) groups excluding carboxylic acids is 2. The molecule has 28 heavy (non-hydrogen) atoms. The lowest BCUT2D eigenvalue weighted by molar-refractivity contribution is -0.151. The molecule has 3 heterocycles. The molecular formula is C20H28N2O6. The highest BCUT2D eigenvalue weighted by Crippen LogP contribution is 2.38. The molecule has 0 bridgehead atoms. The monoisotopic (exact) mass is 392 g/mol. The van der Waals surface area contributed by atoms with Crippen molar-refractivity contribution in [2.24, 2.45) is 0 Å². The van der Waals surface area contributed by atoms with Gasteiger partial charge >= 0.3 is 6.09 Å². The SMILES string of the molecule is COc1ncc(C2CN(C(=O)OC(C)(C)C)CCC2=O)cc1C1(C)OCCO1. The summed E-state index contributed by atoms with van der Waals surface area (Å²) in [6.07, 6.45) is 1.47. The van der Waals surface area contributed by atoms with Crippen LogP contribution < -0.4 is 4.74 Å². The Kier molecular flexibility index (Phi) is 5.63. The van der Waals surface area contributed by atoms with Gasteiger partial charge in [-0.1, -0.05) is 0 Å². The van der Waals surface area contributed by atoms with Crippen LogP contribution in [0.5, 0.6) is 5.88 Å². The van der Waals surface area contributed by atoms with Crippen molar-refractivity contribution >= 4 is 11.9 Å². The molecule has 1 amide bonds. The van der Waals surface area contributed by atoms with Crippen LogP contribution in [0.15, 0.2) is 12.3 Å². The van der Waals surface area contributed by atoms with Crippen LogP contribution in [0.25, 0.3) is 0 Å². The molecular weight excluding hydrogens is 364 g/mol. The quantitative estimate of drug-likeness (QED) is 0.781. The largest absolute Gasteiger partial charge is 0.481 e. The molecule has 2 aliphatic rings. The fraction of sp³-hybridized carbons (Fsp3) is 0.650. The third kappa shape index (κ3) is 4.28. The van der Waals surface area contributed by atoms with Crippen molar-refractivity contribution in [2.75, 3.05) is 33.4 Å². The highest BCUT2D eigenvalue weighted by molar-refractivity contribution is 5.88. The van der Waals surface area contributed by atoms with Gasteiger partial charge in [0.1, 0.15) is 11.4 Å². The van der Waals surface area contributed by atoms with Crippen molar-refractivity contribution in [1.82, 2.24) is 9.88 Å². The van der Waals surface area contributed by atoms with E-state index in [4.69, 9.17) is 18.9 Å². The molecule has 1 aromatic heterocycles. The zero-order valence-corrected chi connectivity index (χ0v) is 17.1. The first-order valence-corrected chi connectivity index (χ1v) is 9.46. The Bertz CT molecular complexity index is 752. The van der Waals surface area contributed by atoms with Gasteiger partial charge in [-0.3, -0.25) is 4.79 Å². The molecule has 0 aromatic carbocycles. The molecule has 0 aliphatic carbocycles. The highest BCUT2D eigenvalue weighted by atomic mass is 16.7. The van der Waals surface area contributed by atoms with E-state index in [1.807, 2.05) is 26.8 Å². The first kappa shape index (κ1) is 20.5. The summed E-state index contributed by atoms with van der Waals surface area (Å²) in [6.45, 7) is 8.80. The molecule has 8 nitrogen and oxygen atoms in total. The van der Waals surface area contributed by atoms with Crippen molar-refractivity contribution in [3.8, 4) is 5.88 Å². The predicted octanol–water partition coefficient (Wildman–Crippen LogP) is 2.60. The molecule has 2 fully saturated rings. The fourth-order valence-corrected chi connectivity index (χ4v) is 3.43. The number of hydrogen-bond acceptors (Lipinski definition) is 7. The number of pyridine rings is 1. The second kappa shape index (κ2) is 7.67. The van der Waals surface area contributed by atoms with Crippen molar-refractivity contribution in [1.29, 1.82) is 0 Å². The highest BCUT2D eigenvalue weighted by Gasteiger charge is 2.39. The van der Waals surface area contributed by atoms with E-state index in [1.165, 1.54) is 7.11 Å². The van der Waals surface area contributed by atoms with Gasteiger partial charge in [-0.05, 0) is 39.3 Å². The summed E-state index contributed by atoms with van der Waals surface area (Å²) in [5.74, 6) is -1.00. The molecule has 1 unspecified atom stereocenters. The number of aromatic nitrogens is 1. The standard InChI is InChI=1S/C20H28N2O6/c1-19(2,3)28-18(24)22-7-6-16(23)14(12-22)13-10-15(17(25-5)21-11-13)20(4)26-8-9-27-20/h10-11,14H,6-9,12H2,1-5H3. The van der Waals surface area contributed by atoms with E-state index in [-0.39, 0.29) is 18.7 Å². The zero-order valence-electron chi connectivity index (χ0n) is 17.1. The molecule has 2 saturated heterocycles. The van der Waals surface area contributed by atoms with Crippen molar-refractivity contribution in [3.63, 3.8) is 0 Å². The molecule has 0 saturated carbocycles. The average molecular weight is 392 g/mol. The molecule has 1 aromatic rings. The van der Waals surface area contributed by atoms with Crippen molar-refractivity contribution in [3.05, 3.63) is 23.4 Å². The Balaban J connectivity index is 1.87. The number of amides is 1. The van der Waals surface area contributed by atoms with Gasteiger partial charge in [0.05, 0.1) is 31.8 Å². The summed E-state index contributed by atoms with van der Waals surface area (Å²) in [5, 5.41) is 0. The van der Waals surface area contributed by atoms with Gasteiger partial charge in [-0.15, -0.1) is 0 Å². The van der Waals surface area contributed by atoms with Gasteiger partial charge in [0.2, 0.25) is 5.88 Å². The summed E-state index contributed by atoms with van der Waals surface area (Å²) in [6, 6.07) is 1.83. The lowest BCUT2D eigenvalue weighted by atomic mass is 9.89. The molecule has 154 valence electrons. The summed E-state index contributed by atoms with van der Waals surface area (Å²) < 4.78 is 22.3. The summed E-state index contributed by atoms with van der Waals surface area (Å²) in [7, 11) is 1.53. The maximum atomic E-state index is 12.6. The maximum absolute atomic E-state index is 12.6. The van der Waals surface area contributed by atoms with E-state index in [2.05, 4.69) is 4.98 Å². The topological polar surface area (TPSA) is 87.2 Å². The van der Waals surface area contributed by atoms with Gasteiger partial charge < -0.3 is 23.8 Å². The van der Waals surface area contributed by atoms with E-state index in [0.717, 1.165) is 0 Å². The molecule has 0 spiro atoms. The molecule has 2 aliphatic heterocycles.